The number of imidazole rings is 1. The molecular formula is C25H35N9O4. The molecule has 1 aliphatic heterocycles. The van der Waals surface area contributed by atoms with Crippen LogP contribution in [0.5, 0.6) is 6.01 Å². The fourth-order valence-electron chi connectivity index (χ4n) is 4.50. The third kappa shape index (κ3) is 5.87. The molecular weight excluding hydrogens is 490 g/mol. The summed E-state index contributed by atoms with van der Waals surface area (Å²) in [5.41, 5.74) is 9.48. The van der Waals surface area contributed by atoms with Crippen molar-refractivity contribution in [3.63, 3.8) is 0 Å². The number of hydrogen-bond donors (Lipinski definition) is 2. The molecule has 3 N–H and O–H groups in total. The number of carboxylic acid groups (broad SMARTS) is 1. The van der Waals surface area contributed by atoms with Crippen LogP contribution in [-0.4, -0.2) is 97.3 Å². The van der Waals surface area contributed by atoms with E-state index in [1.807, 2.05) is 13.1 Å². The van der Waals surface area contributed by atoms with Crippen molar-refractivity contribution >= 4 is 29.3 Å². The summed E-state index contributed by atoms with van der Waals surface area (Å²) in [7, 11) is 1.39. The van der Waals surface area contributed by atoms with Crippen LogP contribution in [-0.2, 0) is 11.2 Å². The van der Waals surface area contributed by atoms with Crippen molar-refractivity contribution in [1.82, 2.24) is 34.4 Å². The molecule has 204 valence electrons. The number of amides is 2. The van der Waals surface area contributed by atoms with Crippen molar-refractivity contribution < 1.29 is 19.4 Å². The van der Waals surface area contributed by atoms with E-state index in [0.717, 1.165) is 40.4 Å². The summed E-state index contributed by atoms with van der Waals surface area (Å²) in [4.78, 5) is 41.6. The molecule has 13 heteroatoms. The Morgan fingerprint density at radius 2 is 1.87 bits per heavy atom. The summed E-state index contributed by atoms with van der Waals surface area (Å²) < 4.78 is 7.59. The molecule has 0 saturated carbocycles. The van der Waals surface area contributed by atoms with Crippen LogP contribution in [0.3, 0.4) is 0 Å². The average molecular weight is 526 g/mol. The van der Waals surface area contributed by atoms with E-state index in [2.05, 4.69) is 39.9 Å². The first-order chi connectivity index (χ1) is 18.2. The van der Waals surface area contributed by atoms with Gasteiger partial charge in [-0.15, -0.1) is 5.10 Å². The Morgan fingerprint density at radius 3 is 2.50 bits per heavy atom. The van der Waals surface area contributed by atoms with E-state index >= 15 is 0 Å². The molecule has 4 heterocycles. The summed E-state index contributed by atoms with van der Waals surface area (Å²) >= 11 is 0. The van der Waals surface area contributed by atoms with Gasteiger partial charge in [-0.05, 0) is 30.9 Å². The third-order valence-corrected chi connectivity index (χ3v) is 6.75. The number of likely N-dealkylation sites (N-methyl/N-ethyl adjacent to an activating group) is 1. The molecule has 0 atom stereocenters. The molecule has 3 aromatic heterocycles. The number of ether oxygens (including phenoxy) is 1. The van der Waals surface area contributed by atoms with Gasteiger partial charge in [-0.3, -0.25) is 4.79 Å². The second-order valence-corrected chi connectivity index (χ2v) is 9.49. The van der Waals surface area contributed by atoms with Gasteiger partial charge in [-0.1, -0.05) is 19.9 Å². The summed E-state index contributed by atoms with van der Waals surface area (Å²) in [6, 6.07) is 2.33. The third-order valence-electron chi connectivity index (χ3n) is 6.75. The maximum Gasteiger partial charge on any atom is 0.407 e. The number of nitrogens with zero attached hydrogens (tertiary/aromatic N) is 8. The second kappa shape index (κ2) is 11.5. The summed E-state index contributed by atoms with van der Waals surface area (Å²) in [5, 5.41) is 13.5. The normalized spacial score (nSPS) is 13.8. The minimum Gasteiger partial charge on any atom is -0.465 e. The number of nitrogen functional groups attached to an aromatic ring is 1. The highest BCUT2D eigenvalue weighted by atomic mass is 16.5. The molecule has 0 aliphatic carbocycles. The van der Waals surface area contributed by atoms with E-state index in [1.54, 1.807) is 15.6 Å². The molecule has 1 aliphatic rings. The van der Waals surface area contributed by atoms with Gasteiger partial charge in [0.05, 0.1) is 11.9 Å². The molecule has 0 bridgehead atoms. The van der Waals surface area contributed by atoms with Crippen LogP contribution >= 0.6 is 0 Å². The Labute approximate surface area is 221 Å². The lowest BCUT2D eigenvalue weighted by atomic mass is 10.1. The zero-order valence-electron chi connectivity index (χ0n) is 22.3. The van der Waals surface area contributed by atoms with E-state index in [-0.39, 0.29) is 30.4 Å². The first-order valence-corrected chi connectivity index (χ1v) is 12.8. The van der Waals surface area contributed by atoms with Gasteiger partial charge in [-0.25, -0.2) is 19.3 Å². The molecule has 38 heavy (non-hydrogen) atoms. The molecule has 1 fully saturated rings. The van der Waals surface area contributed by atoms with E-state index in [0.29, 0.717) is 38.2 Å². The first kappa shape index (κ1) is 26.9. The van der Waals surface area contributed by atoms with Crippen molar-refractivity contribution in [3.05, 3.63) is 35.3 Å². The Bertz CT molecular complexity index is 1300. The molecule has 3 aromatic rings. The SMILES string of the molecule is CCC(CC)Oc1nc(N)c2ncc(Cc3cnc(N4CCN(C(=O)CN(C)C(=O)O)CC4)c(C)c3)n2n1. The Kier molecular flexibility index (Phi) is 8.13. The highest BCUT2D eigenvalue weighted by Gasteiger charge is 2.24. The van der Waals surface area contributed by atoms with E-state index in [4.69, 9.17) is 20.6 Å². The van der Waals surface area contributed by atoms with Gasteiger partial charge < -0.3 is 30.3 Å². The Morgan fingerprint density at radius 1 is 1.16 bits per heavy atom. The maximum absolute atomic E-state index is 12.4. The van der Waals surface area contributed by atoms with Crippen molar-refractivity contribution in [2.24, 2.45) is 0 Å². The predicted molar refractivity (Wildman–Crippen MR) is 141 cm³/mol. The van der Waals surface area contributed by atoms with Gasteiger partial charge in [0.25, 0.3) is 0 Å². The van der Waals surface area contributed by atoms with Crippen LogP contribution in [0.2, 0.25) is 0 Å². The molecule has 13 nitrogen and oxygen atoms in total. The lowest BCUT2D eigenvalue weighted by Crippen LogP contribution is -2.51. The smallest absolute Gasteiger partial charge is 0.407 e. The zero-order valence-corrected chi connectivity index (χ0v) is 22.3. The van der Waals surface area contributed by atoms with Crippen molar-refractivity contribution in [2.75, 3.05) is 50.4 Å². The number of hydrogen-bond acceptors (Lipinski definition) is 9. The van der Waals surface area contributed by atoms with Crippen molar-refractivity contribution in [1.29, 1.82) is 0 Å². The number of rotatable bonds is 9. The largest absolute Gasteiger partial charge is 0.465 e. The number of carbonyl (C=O) groups excluding carboxylic acids is 1. The van der Waals surface area contributed by atoms with Crippen molar-refractivity contribution in [2.45, 2.75) is 46.1 Å². The molecule has 1 saturated heterocycles. The van der Waals surface area contributed by atoms with Crippen LogP contribution in [0.15, 0.2) is 18.5 Å². The maximum atomic E-state index is 12.4. The van der Waals surface area contributed by atoms with E-state index in [9.17, 15) is 9.59 Å². The number of piperazine rings is 1. The molecule has 4 rings (SSSR count). The van der Waals surface area contributed by atoms with Crippen molar-refractivity contribution in [3.8, 4) is 6.01 Å². The van der Waals surface area contributed by atoms with Gasteiger partial charge in [0.2, 0.25) is 5.91 Å². The molecule has 2 amide bonds. The zero-order chi connectivity index (χ0) is 27.4. The van der Waals surface area contributed by atoms with Gasteiger partial charge in [0.1, 0.15) is 18.5 Å². The topological polar surface area (TPSA) is 155 Å². The number of carbonyl (C=O) groups is 2. The highest BCUT2D eigenvalue weighted by molar-refractivity contribution is 5.82. The lowest BCUT2D eigenvalue weighted by molar-refractivity contribution is -0.132. The summed E-state index contributed by atoms with van der Waals surface area (Å²) in [6.45, 7) is 8.25. The fraction of sp³-hybridized carbons (Fsp3) is 0.520. The van der Waals surface area contributed by atoms with Crippen LogP contribution in [0.1, 0.15) is 43.5 Å². The number of fused-ring (bicyclic) bond motifs is 1. The molecule has 0 spiro atoms. The number of nitrogens with two attached hydrogens (primary N) is 1. The number of aryl methyl sites for hydroxylation is 1. The van der Waals surface area contributed by atoms with E-state index in [1.165, 1.54) is 7.05 Å². The molecule has 0 unspecified atom stereocenters. The first-order valence-electron chi connectivity index (χ1n) is 12.8. The molecule has 0 aromatic carbocycles. The van der Waals surface area contributed by atoms with Crippen LogP contribution in [0, 0.1) is 6.92 Å². The van der Waals surface area contributed by atoms with Crippen LogP contribution in [0.4, 0.5) is 16.4 Å². The number of aromatic nitrogens is 5. The quantitative estimate of drug-likeness (QED) is 0.422. The van der Waals surface area contributed by atoms with Gasteiger partial charge in [0.15, 0.2) is 11.5 Å². The lowest BCUT2D eigenvalue weighted by Gasteiger charge is -2.36. The number of anilines is 2. The summed E-state index contributed by atoms with van der Waals surface area (Å²) in [5.74, 6) is 0.943. The summed E-state index contributed by atoms with van der Waals surface area (Å²) in [6.07, 6.45) is 4.72. The van der Waals surface area contributed by atoms with Crippen LogP contribution < -0.4 is 15.4 Å². The van der Waals surface area contributed by atoms with Gasteiger partial charge >= 0.3 is 12.1 Å². The fourth-order valence-corrected chi connectivity index (χ4v) is 4.50. The van der Waals surface area contributed by atoms with Gasteiger partial charge in [-0.2, -0.15) is 4.98 Å². The number of pyridine rings is 1. The Hall–Kier alpha value is -4.16. The minimum atomic E-state index is -1.12. The van der Waals surface area contributed by atoms with E-state index < -0.39 is 6.09 Å². The Balaban J connectivity index is 1.43. The average Bonchev–Trinajstić information content (AvgIpc) is 3.30. The van der Waals surface area contributed by atoms with Gasteiger partial charge in [0, 0.05) is 45.8 Å². The monoisotopic (exact) mass is 525 g/mol. The second-order valence-electron chi connectivity index (χ2n) is 9.49. The predicted octanol–water partition coefficient (Wildman–Crippen LogP) is 1.83. The standard InChI is InChI=1S/C25H35N9O4/c1-5-19(6-2)38-24-29-21(26)23-28-14-18(34(23)30-24)12-17-11-16(3)22(27-13-17)33-9-7-32(8-10-33)20(35)15-31(4)25(36)37/h11,13-14,19H,5-10,12,15H2,1-4H3,(H,36,37)(H2,26,29,30). The molecule has 0 radical (unpaired) electrons. The highest BCUT2D eigenvalue weighted by Crippen LogP contribution is 2.23. The minimum absolute atomic E-state index is 0.0179. The van der Waals surface area contributed by atoms with Crippen LogP contribution in [0.25, 0.3) is 5.65 Å².